The van der Waals surface area contributed by atoms with Gasteiger partial charge in [-0.3, -0.25) is 0 Å². The summed E-state index contributed by atoms with van der Waals surface area (Å²) in [6.45, 7) is 1.75. The van der Waals surface area contributed by atoms with Gasteiger partial charge >= 0.3 is 5.97 Å². The highest BCUT2D eigenvalue weighted by atomic mass is 16.5. The van der Waals surface area contributed by atoms with Gasteiger partial charge < -0.3 is 14.7 Å². The van der Waals surface area contributed by atoms with E-state index in [0.717, 1.165) is 0 Å². The first-order valence-corrected chi connectivity index (χ1v) is 3.43. The van der Waals surface area contributed by atoms with E-state index in [1.54, 1.807) is 25.9 Å². The molecule has 0 spiro atoms. The first-order valence-electron chi connectivity index (χ1n) is 3.43. The quantitative estimate of drug-likeness (QED) is 0.565. The number of aliphatic hydroxyl groups is 1. The van der Waals surface area contributed by atoms with Gasteiger partial charge in [0.05, 0.1) is 7.11 Å². The van der Waals surface area contributed by atoms with Crippen LogP contribution in [0.2, 0.25) is 0 Å². The molecule has 0 aliphatic heterocycles. The van der Waals surface area contributed by atoms with E-state index >= 15 is 0 Å². The number of carbonyl (C=O) groups is 1. The molecule has 0 bridgehead atoms. The molecule has 0 heterocycles. The fraction of sp³-hybridized carbons (Fsp3) is 0.857. The van der Waals surface area contributed by atoms with Gasteiger partial charge in [-0.05, 0) is 21.0 Å². The van der Waals surface area contributed by atoms with E-state index in [4.69, 9.17) is 0 Å². The second-order valence-electron chi connectivity index (χ2n) is 2.67. The van der Waals surface area contributed by atoms with Gasteiger partial charge in [0, 0.05) is 6.04 Å². The zero-order valence-corrected chi connectivity index (χ0v) is 7.37. The molecule has 0 rings (SSSR count). The first-order chi connectivity index (χ1) is 5.00. The summed E-state index contributed by atoms with van der Waals surface area (Å²) in [5.41, 5.74) is 0. The van der Waals surface area contributed by atoms with Crippen molar-refractivity contribution in [3.05, 3.63) is 0 Å². The number of methoxy groups -OCH3 is 1. The summed E-state index contributed by atoms with van der Waals surface area (Å²) in [6, 6.07) is -0.220. The van der Waals surface area contributed by atoms with E-state index in [9.17, 15) is 9.90 Å². The number of hydrogen-bond donors (Lipinski definition) is 1. The molecule has 0 aliphatic carbocycles. The Bertz CT molecular complexity index is 136. The van der Waals surface area contributed by atoms with Gasteiger partial charge in [-0.25, -0.2) is 4.79 Å². The lowest BCUT2D eigenvalue weighted by atomic mass is 10.2. The molecular weight excluding hydrogens is 146 g/mol. The van der Waals surface area contributed by atoms with Crippen LogP contribution in [-0.2, 0) is 9.53 Å². The summed E-state index contributed by atoms with van der Waals surface area (Å²) in [4.78, 5) is 12.5. The van der Waals surface area contributed by atoms with Crippen LogP contribution in [-0.4, -0.2) is 49.3 Å². The number of nitrogens with zero attached hydrogens (tertiary/aromatic N) is 1. The number of carbonyl (C=O) groups excluding carboxylic acids is 1. The van der Waals surface area contributed by atoms with Gasteiger partial charge in [-0.2, -0.15) is 0 Å². The fourth-order valence-corrected chi connectivity index (χ4v) is 0.600. The van der Waals surface area contributed by atoms with Crippen LogP contribution in [0.15, 0.2) is 0 Å². The molecule has 0 aromatic carbocycles. The maximum Gasteiger partial charge on any atom is 0.336 e. The van der Waals surface area contributed by atoms with Crippen molar-refractivity contribution in [3.63, 3.8) is 0 Å². The minimum atomic E-state index is -1.06. The second-order valence-corrected chi connectivity index (χ2v) is 2.67. The Balaban J connectivity index is 4.01. The van der Waals surface area contributed by atoms with Crippen LogP contribution in [0.4, 0.5) is 0 Å². The van der Waals surface area contributed by atoms with Gasteiger partial charge in [0.15, 0.2) is 6.10 Å². The molecule has 0 aromatic rings. The smallest absolute Gasteiger partial charge is 0.336 e. The third kappa shape index (κ3) is 2.86. The molecule has 0 fully saturated rings. The maximum atomic E-state index is 10.8. The third-order valence-electron chi connectivity index (χ3n) is 1.71. The molecule has 0 saturated carbocycles. The molecule has 0 aromatic heterocycles. The second kappa shape index (κ2) is 4.31. The number of ether oxygens (including phenoxy) is 1. The molecule has 1 N–H and O–H groups in total. The van der Waals surface area contributed by atoms with Crippen molar-refractivity contribution < 1.29 is 14.6 Å². The first kappa shape index (κ1) is 10.4. The molecule has 2 atom stereocenters. The van der Waals surface area contributed by atoms with Crippen molar-refractivity contribution in [2.75, 3.05) is 21.2 Å². The van der Waals surface area contributed by atoms with E-state index in [1.165, 1.54) is 7.11 Å². The van der Waals surface area contributed by atoms with Crippen molar-refractivity contribution in [1.82, 2.24) is 4.90 Å². The lowest BCUT2D eigenvalue weighted by Gasteiger charge is -2.22. The number of aliphatic hydroxyl groups excluding tert-OH is 1. The fourth-order valence-electron chi connectivity index (χ4n) is 0.600. The average molecular weight is 161 g/mol. The number of likely N-dealkylation sites (N-methyl/N-ethyl adjacent to an activating group) is 1. The van der Waals surface area contributed by atoms with Crippen LogP contribution >= 0.6 is 0 Å². The molecule has 4 nitrogen and oxygen atoms in total. The predicted molar refractivity (Wildman–Crippen MR) is 41.2 cm³/mol. The minimum Gasteiger partial charge on any atom is -0.467 e. The summed E-state index contributed by atoms with van der Waals surface area (Å²) in [5.74, 6) is -0.591. The van der Waals surface area contributed by atoms with Gasteiger partial charge in [-0.1, -0.05) is 0 Å². The van der Waals surface area contributed by atoms with Gasteiger partial charge in [0.1, 0.15) is 0 Å². The predicted octanol–water partition coefficient (Wildman–Crippen LogP) is -0.530. The van der Waals surface area contributed by atoms with Gasteiger partial charge in [0.25, 0.3) is 0 Å². The molecule has 11 heavy (non-hydrogen) atoms. The molecular formula is C7H15NO3. The van der Waals surface area contributed by atoms with Gasteiger partial charge in [-0.15, -0.1) is 0 Å². The maximum absolute atomic E-state index is 10.8. The SMILES string of the molecule is COC(=O)C(O)C(C)N(C)C. The highest BCUT2D eigenvalue weighted by molar-refractivity contribution is 5.74. The Hall–Kier alpha value is -0.610. The molecule has 0 aliphatic rings. The highest BCUT2D eigenvalue weighted by Gasteiger charge is 2.24. The summed E-state index contributed by atoms with van der Waals surface area (Å²) in [7, 11) is 4.83. The Morgan fingerprint density at radius 2 is 2.00 bits per heavy atom. The summed E-state index contributed by atoms with van der Waals surface area (Å²) in [6.07, 6.45) is -1.06. The van der Waals surface area contributed by atoms with Crippen molar-refractivity contribution >= 4 is 5.97 Å². The van der Waals surface area contributed by atoms with Crippen LogP contribution in [0.1, 0.15) is 6.92 Å². The Morgan fingerprint density at radius 1 is 1.55 bits per heavy atom. The Morgan fingerprint density at radius 3 is 2.27 bits per heavy atom. The van der Waals surface area contributed by atoms with Crippen LogP contribution in [0.3, 0.4) is 0 Å². The molecule has 66 valence electrons. The molecule has 0 radical (unpaired) electrons. The largest absolute Gasteiger partial charge is 0.467 e. The van der Waals surface area contributed by atoms with Crippen LogP contribution in [0.5, 0.6) is 0 Å². The molecule has 0 amide bonds. The van der Waals surface area contributed by atoms with E-state index in [-0.39, 0.29) is 6.04 Å². The van der Waals surface area contributed by atoms with E-state index < -0.39 is 12.1 Å². The van der Waals surface area contributed by atoms with Crippen LogP contribution < -0.4 is 0 Å². The summed E-state index contributed by atoms with van der Waals surface area (Å²) < 4.78 is 4.37. The number of rotatable bonds is 3. The zero-order valence-electron chi connectivity index (χ0n) is 7.37. The average Bonchev–Trinajstić information content (AvgIpc) is 2.00. The van der Waals surface area contributed by atoms with Gasteiger partial charge in [0.2, 0.25) is 0 Å². The standard InChI is InChI=1S/C7H15NO3/c1-5(8(2)3)6(9)7(10)11-4/h5-6,9H,1-4H3. The lowest BCUT2D eigenvalue weighted by molar-refractivity contribution is -0.153. The van der Waals surface area contributed by atoms with E-state index in [0.29, 0.717) is 0 Å². The normalized spacial score (nSPS) is 16.2. The van der Waals surface area contributed by atoms with Crippen LogP contribution in [0, 0.1) is 0 Å². The third-order valence-corrected chi connectivity index (χ3v) is 1.71. The Labute approximate surface area is 66.8 Å². The van der Waals surface area contributed by atoms with Crippen LogP contribution in [0.25, 0.3) is 0 Å². The number of esters is 1. The highest BCUT2D eigenvalue weighted by Crippen LogP contribution is 2.00. The van der Waals surface area contributed by atoms with E-state index in [1.807, 2.05) is 0 Å². The molecule has 0 saturated heterocycles. The lowest BCUT2D eigenvalue weighted by Crippen LogP contribution is -2.41. The van der Waals surface area contributed by atoms with Crippen molar-refractivity contribution in [2.24, 2.45) is 0 Å². The summed E-state index contributed by atoms with van der Waals surface area (Å²) >= 11 is 0. The number of hydrogen-bond acceptors (Lipinski definition) is 4. The van der Waals surface area contributed by atoms with Crippen molar-refractivity contribution in [2.45, 2.75) is 19.1 Å². The van der Waals surface area contributed by atoms with Crippen molar-refractivity contribution in [1.29, 1.82) is 0 Å². The van der Waals surface area contributed by atoms with Crippen molar-refractivity contribution in [3.8, 4) is 0 Å². The van der Waals surface area contributed by atoms with E-state index in [2.05, 4.69) is 4.74 Å². The molecule has 4 heteroatoms. The monoisotopic (exact) mass is 161 g/mol. The Kier molecular flexibility index (Phi) is 4.07. The summed E-state index contributed by atoms with van der Waals surface area (Å²) in [5, 5.41) is 9.24. The minimum absolute atomic E-state index is 0.220. The topological polar surface area (TPSA) is 49.8 Å². The molecule has 2 unspecified atom stereocenters. The zero-order chi connectivity index (χ0) is 9.02.